The highest BCUT2D eigenvalue weighted by Gasteiger charge is 2.63. The fourth-order valence-electron chi connectivity index (χ4n) is 8.47. The van der Waals surface area contributed by atoms with E-state index in [9.17, 15) is 19.8 Å². The van der Waals surface area contributed by atoms with Crippen LogP contribution in [0, 0.1) is 40.9 Å². The van der Waals surface area contributed by atoms with Crippen molar-refractivity contribution in [2.75, 3.05) is 13.2 Å². The Morgan fingerprint density at radius 2 is 1.94 bits per heavy atom. The van der Waals surface area contributed by atoms with Crippen molar-refractivity contribution < 1.29 is 24.6 Å². The zero-order valence-electron chi connectivity index (χ0n) is 21.0. The highest BCUT2D eigenvalue weighted by atomic mass is 16.6. The third kappa shape index (κ3) is 3.71. The van der Waals surface area contributed by atoms with E-state index in [4.69, 9.17) is 11.3 Å². The second kappa shape index (κ2) is 8.65. The van der Waals surface area contributed by atoms with Crippen LogP contribution in [-0.4, -0.2) is 57.5 Å². The average molecular weight is 483 g/mol. The SMILES string of the molecule is C#C[C@@]1(O)CC[C@@H]2[C@@H]3CCC4=C/C(=N\OCC(=O)N5CCC[C@@H]5C(=O)O)CC[C@]4(C)[C@H]3CC[C@@]21C. The quantitative estimate of drug-likeness (QED) is 0.470. The monoisotopic (exact) mass is 482 g/mol. The van der Waals surface area contributed by atoms with E-state index in [1.807, 2.05) is 0 Å². The van der Waals surface area contributed by atoms with Crippen LogP contribution in [0.1, 0.15) is 78.1 Å². The number of hydrogen-bond acceptors (Lipinski definition) is 5. The van der Waals surface area contributed by atoms with Crippen LogP contribution in [0.5, 0.6) is 0 Å². The number of carbonyl (C=O) groups excluding carboxylic acids is 1. The standard InChI is InChI=1S/C28H38N2O5/c1-4-28(34)14-11-22-20-8-7-18-16-19(9-12-26(18,2)21(20)10-13-27(22,28)3)29-35-17-24(31)30-15-5-6-23(30)25(32)33/h1,16,20-23,34H,5-15,17H2,2-3H3,(H,32,33)/b29-19-/t20-,21+,22-,23-,26+,27+,28-/m1/s1. The Balaban J connectivity index is 1.25. The zero-order chi connectivity index (χ0) is 25.0. The number of aliphatic carboxylic acids is 1. The number of allylic oxidation sites excluding steroid dienone is 2. The lowest BCUT2D eigenvalue weighted by atomic mass is 9.46. The van der Waals surface area contributed by atoms with Crippen LogP contribution in [0.25, 0.3) is 0 Å². The van der Waals surface area contributed by atoms with Crippen molar-refractivity contribution in [2.45, 2.75) is 89.7 Å². The summed E-state index contributed by atoms with van der Waals surface area (Å²) in [5.41, 5.74) is 1.26. The molecule has 0 aromatic heterocycles. The van der Waals surface area contributed by atoms with E-state index in [1.165, 1.54) is 10.5 Å². The summed E-state index contributed by atoms with van der Waals surface area (Å²) in [6, 6.07) is -0.750. The maximum Gasteiger partial charge on any atom is 0.326 e. The molecule has 0 spiro atoms. The lowest BCUT2D eigenvalue weighted by Crippen LogP contribution is -2.54. The van der Waals surface area contributed by atoms with Crippen LogP contribution >= 0.6 is 0 Å². The third-order valence-electron chi connectivity index (χ3n) is 10.6. The summed E-state index contributed by atoms with van der Waals surface area (Å²) in [5.74, 6) is 3.14. The first kappa shape index (κ1) is 24.4. The lowest BCUT2D eigenvalue weighted by Gasteiger charge is -2.58. The number of aliphatic hydroxyl groups is 1. The lowest BCUT2D eigenvalue weighted by molar-refractivity contribution is -0.150. The Kier molecular flexibility index (Phi) is 6.03. The number of amides is 1. The molecule has 7 atom stereocenters. The number of likely N-dealkylation sites (tertiary alicyclic amines) is 1. The Hall–Kier alpha value is -2.33. The number of oxime groups is 1. The predicted octanol–water partition coefficient (Wildman–Crippen LogP) is 3.76. The van der Waals surface area contributed by atoms with E-state index < -0.39 is 17.6 Å². The summed E-state index contributed by atoms with van der Waals surface area (Å²) in [6.07, 6.45) is 16.9. The molecule has 0 bridgehead atoms. The van der Waals surface area contributed by atoms with Gasteiger partial charge in [-0.3, -0.25) is 4.79 Å². The summed E-state index contributed by atoms with van der Waals surface area (Å²) < 4.78 is 0. The third-order valence-corrected chi connectivity index (χ3v) is 10.6. The number of hydrogen-bond donors (Lipinski definition) is 2. The molecule has 190 valence electrons. The number of carboxylic acids is 1. The smallest absolute Gasteiger partial charge is 0.326 e. The topological polar surface area (TPSA) is 99.4 Å². The largest absolute Gasteiger partial charge is 0.480 e. The van der Waals surface area contributed by atoms with Gasteiger partial charge in [0.2, 0.25) is 0 Å². The normalized spacial score (nSPS) is 43.5. The summed E-state index contributed by atoms with van der Waals surface area (Å²) >= 11 is 0. The molecule has 35 heavy (non-hydrogen) atoms. The first-order valence-electron chi connectivity index (χ1n) is 13.3. The van der Waals surface area contributed by atoms with E-state index in [2.05, 4.69) is 31.0 Å². The van der Waals surface area contributed by atoms with Crippen LogP contribution in [0.15, 0.2) is 16.8 Å². The van der Waals surface area contributed by atoms with Crippen LogP contribution in [0.3, 0.4) is 0 Å². The number of terminal acetylenes is 1. The Morgan fingerprint density at radius 1 is 1.17 bits per heavy atom. The van der Waals surface area contributed by atoms with E-state index in [0.717, 1.165) is 50.7 Å². The number of rotatable bonds is 4. The molecule has 0 unspecified atom stereocenters. The molecule has 5 rings (SSSR count). The minimum atomic E-state index is -0.972. The minimum absolute atomic E-state index is 0.125. The average Bonchev–Trinajstić information content (AvgIpc) is 3.43. The Morgan fingerprint density at radius 3 is 2.69 bits per heavy atom. The molecule has 1 heterocycles. The zero-order valence-corrected chi connectivity index (χ0v) is 21.0. The van der Waals surface area contributed by atoms with Crippen molar-refractivity contribution in [3.05, 3.63) is 11.6 Å². The summed E-state index contributed by atoms with van der Waals surface area (Å²) in [4.78, 5) is 30.6. The highest BCUT2D eigenvalue weighted by Crippen LogP contribution is 2.67. The summed E-state index contributed by atoms with van der Waals surface area (Å²) in [6.45, 7) is 4.86. The molecule has 4 fully saturated rings. The molecule has 2 N–H and O–H groups in total. The van der Waals surface area contributed by atoms with Gasteiger partial charge in [0.25, 0.3) is 5.91 Å². The number of nitrogens with zero attached hydrogens (tertiary/aromatic N) is 2. The maximum atomic E-state index is 12.4. The van der Waals surface area contributed by atoms with Crippen molar-refractivity contribution in [1.29, 1.82) is 0 Å². The first-order valence-corrected chi connectivity index (χ1v) is 13.3. The number of fused-ring (bicyclic) bond motifs is 5. The first-order chi connectivity index (χ1) is 16.6. The molecule has 3 saturated carbocycles. The van der Waals surface area contributed by atoms with Crippen molar-refractivity contribution >= 4 is 17.6 Å². The van der Waals surface area contributed by atoms with Gasteiger partial charge >= 0.3 is 5.97 Å². The second-order valence-electron chi connectivity index (χ2n) is 11.9. The van der Waals surface area contributed by atoms with Gasteiger partial charge in [-0.25, -0.2) is 4.79 Å². The van der Waals surface area contributed by atoms with Gasteiger partial charge < -0.3 is 20.0 Å². The van der Waals surface area contributed by atoms with Crippen molar-refractivity contribution in [3.63, 3.8) is 0 Å². The van der Waals surface area contributed by atoms with Gasteiger partial charge in [0.15, 0.2) is 6.61 Å². The van der Waals surface area contributed by atoms with Crippen molar-refractivity contribution in [1.82, 2.24) is 4.90 Å². The van der Waals surface area contributed by atoms with Gasteiger partial charge in [-0.1, -0.05) is 30.5 Å². The molecule has 0 aromatic carbocycles. The second-order valence-corrected chi connectivity index (χ2v) is 11.9. The van der Waals surface area contributed by atoms with Gasteiger partial charge in [0, 0.05) is 12.0 Å². The minimum Gasteiger partial charge on any atom is -0.480 e. The van der Waals surface area contributed by atoms with Crippen LogP contribution < -0.4 is 0 Å². The maximum absolute atomic E-state index is 12.4. The van der Waals surface area contributed by atoms with Crippen molar-refractivity contribution in [2.24, 2.45) is 33.7 Å². The summed E-state index contributed by atoms with van der Waals surface area (Å²) in [5, 5.41) is 24.7. The molecular weight excluding hydrogens is 444 g/mol. The Labute approximate surface area is 208 Å². The van der Waals surface area contributed by atoms with Gasteiger partial charge in [-0.15, -0.1) is 6.42 Å². The molecule has 1 saturated heterocycles. The Bertz CT molecular complexity index is 1010. The molecule has 0 aromatic rings. The molecular formula is C28H38N2O5. The summed E-state index contributed by atoms with van der Waals surface area (Å²) in [7, 11) is 0. The molecule has 1 aliphatic heterocycles. The van der Waals surface area contributed by atoms with Gasteiger partial charge in [-0.2, -0.15) is 0 Å². The van der Waals surface area contributed by atoms with Gasteiger partial charge in [0.05, 0.1) is 5.71 Å². The van der Waals surface area contributed by atoms with E-state index in [-0.39, 0.29) is 23.3 Å². The van der Waals surface area contributed by atoms with E-state index >= 15 is 0 Å². The van der Waals surface area contributed by atoms with Crippen LogP contribution in [0.2, 0.25) is 0 Å². The highest BCUT2D eigenvalue weighted by molar-refractivity contribution is 5.96. The van der Waals surface area contributed by atoms with Crippen LogP contribution in [-0.2, 0) is 14.4 Å². The van der Waals surface area contributed by atoms with E-state index in [1.54, 1.807) is 0 Å². The number of carbonyl (C=O) groups is 2. The van der Waals surface area contributed by atoms with E-state index in [0.29, 0.717) is 43.6 Å². The van der Waals surface area contributed by atoms with Crippen LogP contribution in [0.4, 0.5) is 0 Å². The molecule has 7 heteroatoms. The molecule has 7 nitrogen and oxygen atoms in total. The predicted molar refractivity (Wildman–Crippen MR) is 131 cm³/mol. The molecule has 0 radical (unpaired) electrons. The molecule has 4 aliphatic carbocycles. The molecule has 1 amide bonds. The van der Waals surface area contributed by atoms with Gasteiger partial charge in [-0.05, 0) is 93.5 Å². The van der Waals surface area contributed by atoms with Gasteiger partial charge in [0.1, 0.15) is 11.6 Å². The molecule has 5 aliphatic rings. The fourth-order valence-corrected chi connectivity index (χ4v) is 8.47. The van der Waals surface area contributed by atoms with Crippen molar-refractivity contribution in [3.8, 4) is 12.3 Å². The number of carboxylic acid groups (broad SMARTS) is 1. The fraction of sp³-hybridized carbons (Fsp3) is 0.750.